The molecule has 3 rings (SSSR count). The molecule has 2 aromatic carbocycles. The fourth-order valence-corrected chi connectivity index (χ4v) is 6.29. The maximum atomic E-state index is 14.1. The fraction of sp³-hybridized carbons (Fsp3) is 0.481. The summed E-state index contributed by atoms with van der Waals surface area (Å²) in [6.07, 6.45) is -1.08. The van der Waals surface area contributed by atoms with Crippen molar-refractivity contribution in [1.82, 2.24) is 4.90 Å². The van der Waals surface area contributed by atoms with Crippen molar-refractivity contribution in [2.45, 2.75) is 76.0 Å². The number of morpholine rings is 1. The van der Waals surface area contributed by atoms with Crippen LogP contribution in [0, 0.1) is 0 Å². The van der Waals surface area contributed by atoms with Gasteiger partial charge in [0.1, 0.15) is 6.10 Å². The molecule has 4 atom stereocenters. The molecular weight excluding hydrogens is 537 g/mol. The SMILES string of the molecule is CCC(CS(=O)(=O)C(C)(C)C)N1C(=O)[C@](C)(CC(=O)O)O[C@H](c2cccc(Cl)c2)C1c1ccc(Cl)cc1. The average Bonchev–Trinajstić information content (AvgIpc) is 2.78. The van der Waals surface area contributed by atoms with Crippen molar-refractivity contribution in [3.8, 4) is 0 Å². The van der Waals surface area contributed by atoms with E-state index in [1.165, 1.54) is 11.8 Å². The van der Waals surface area contributed by atoms with Gasteiger partial charge in [-0.2, -0.15) is 0 Å². The van der Waals surface area contributed by atoms with E-state index in [1.54, 1.807) is 69.3 Å². The molecule has 0 aliphatic carbocycles. The van der Waals surface area contributed by atoms with E-state index < -0.39 is 56.7 Å². The quantitative estimate of drug-likeness (QED) is 0.427. The Morgan fingerprint density at radius 1 is 1.11 bits per heavy atom. The minimum Gasteiger partial charge on any atom is -0.481 e. The summed E-state index contributed by atoms with van der Waals surface area (Å²) < 4.78 is 31.9. The van der Waals surface area contributed by atoms with Crippen molar-refractivity contribution in [2.75, 3.05) is 5.75 Å². The molecule has 1 aliphatic heterocycles. The van der Waals surface area contributed by atoms with Crippen molar-refractivity contribution in [2.24, 2.45) is 0 Å². The van der Waals surface area contributed by atoms with Gasteiger partial charge in [0, 0.05) is 16.1 Å². The number of rotatable bonds is 8. The Bertz CT molecular complexity index is 1260. The molecule has 1 aliphatic rings. The summed E-state index contributed by atoms with van der Waals surface area (Å²) in [5.74, 6) is -2.07. The number of halogens is 2. The number of hydrogen-bond donors (Lipinski definition) is 1. The number of carbonyl (C=O) groups is 2. The van der Waals surface area contributed by atoms with Gasteiger partial charge in [0.25, 0.3) is 5.91 Å². The van der Waals surface area contributed by atoms with Gasteiger partial charge in [-0.1, -0.05) is 54.4 Å². The molecule has 0 aromatic heterocycles. The minimum atomic E-state index is -3.64. The third-order valence-corrected chi connectivity index (χ3v) is 9.92. The molecule has 2 aromatic rings. The Morgan fingerprint density at radius 3 is 2.24 bits per heavy atom. The lowest BCUT2D eigenvalue weighted by molar-refractivity contribution is -0.206. The van der Waals surface area contributed by atoms with Crippen molar-refractivity contribution in [3.05, 3.63) is 69.7 Å². The van der Waals surface area contributed by atoms with Crippen LogP contribution >= 0.6 is 23.2 Å². The summed E-state index contributed by atoms with van der Waals surface area (Å²) in [6, 6.07) is 12.3. The standard InChI is InChI=1S/C27H33Cl2NO6S/c1-6-21(16-37(34,35)26(2,3)4)30-23(17-10-12-19(28)13-11-17)24(18-8-7-9-20(29)14-18)36-27(5,25(30)33)15-22(31)32/h7-14,21,23-24H,6,15-16H2,1-5H3,(H,31,32)/t21?,23?,24-,27+/m1/s1. The lowest BCUT2D eigenvalue weighted by atomic mass is 9.86. The number of aliphatic carboxylic acids is 1. The van der Waals surface area contributed by atoms with Crippen LogP contribution in [0.15, 0.2) is 48.5 Å². The molecule has 1 heterocycles. The van der Waals surface area contributed by atoms with Gasteiger partial charge in [-0.3, -0.25) is 9.59 Å². The Morgan fingerprint density at radius 2 is 1.73 bits per heavy atom. The molecule has 1 amide bonds. The molecular formula is C27H33Cl2NO6S. The summed E-state index contributed by atoms with van der Waals surface area (Å²) in [6.45, 7) is 8.12. The van der Waals surface area contributed by atoms with Crippen LogP contribution in [0.2, 0.25) is 10.0 Å². The normalized spacial score (nSPS) is 23.6. The maximum Gasteiger partial charge on any atom is 0.306 e. The summed E-state index contributed by atoms with van der Waals surface area (Å²) in [4.78, 5) is 27.5. The zero-order chi connectivity index (χ0) is 27.8. The third-order valence-electron chi connectivity index (χ3n) is 6.75. The summed E-state index contributed by atoms with van der Waals surface area (Å²) in [7, 11) is -3.64. The first-order valence-corrected chi connectivity index (χ1v) is 14.5. The van der Waals surface area contributed by atoms with E-state index in [0.29, 0.717) is 27.6 Å². The van der Waals surface area contributed by atoms with Crippen molar-refractivity contribution < 1.29 is 27.9 Å². The number of ether oxygens (including phenoxy) is 1. The zero-order valence-corrected chi connectivity index (χ0v) is 23.9. The van der Waals surface area contributed by atoms with Gasteiger partial charge in [-0.15, -0.1) is 0 Å². The van der Waals surface area contributed by atoms with Crippen LogP contribution in [0.5, 0.6) is 0 Å². The molecule has 10 heteroatoms. The second kappa shape index (κ2) is 10.9. The van der Waals surface area contributed by atoms with E-state index in [0.717, 1.165) is 0 Å². The van der Waals surface area contributed by atoms with E-state index in [4.69, 9.17) is 27.9 Å². The maximum absolute atomic E-state index is 14.1. The van der Waals surface area contributed by atoms with Crippen LogP contribution in [0.1, 0.15) is 70.7 Å². The molecule has 1 N–H and O–H groups in total. The van der Waals surface area contributed by atoms with Crippen molar-refractivity contribution in [3.63, 3.8) is 0 Å². The van der Waals surface area contributed by atoms with Crippen molar-refractivity contribution >= 4 is 44.9 Å². The predicted octanol–water partition coefficient (Wildman–Crippen LogP) is 5.86. The topological polar surface area (TPSA) is 101 Å². The average molecular weight is 571 g/mol. The number of hydrogen-bond acceptors (Lipinski definition) is 5. The van der Waals surface area contributed by atoms with Gasteiger partial charge in [-0.25, -0.2) is 8.42 Å². The van der Waals surface area contributed by atoms with E-state index in [1.807, 2.05) is 6.92 Å². The minimum absolute atomic E-state index is 0.283. The second-order valence-corrected chi connectivity index (χ2v) is 14.2. The molecule has 2 unspecified atom stereocenters. The van der Waals surface area contributed by atoms with Crippen LogP contribution < -0.4 is 0 Å². The van der Waals surface area contributed by atoms with E-state index in [9.17, 15) is 23.1 Å². The molecule has 37 heavy (non-hydrogen) atoms. The lowest BCUT2D eigenvalue weighted by Gasteiger charge is -2.51. The Labute approximate surface area is 228 Å². The highest BCUT2D eigenvalue weighted by Gasteiger charge is 2.54. The third kappa shape index (κ3) is 6.30. The van der Waals surface area contributed by atoms with Gasteiger partial charge in [0.05, 0.1) is 23.0 Å². The zero-order valence-electron chi connectivity index (χ0n) is 21.6. The van der Waals surface area contributed by atoms with Gasteiger partial charge in [-0.05, 0) is 69.5 Å². The molecule has 0 bridgehead atoms. The number of carboxylic acid groups (broad SMARTS) is 1. The highest BCUT2D eigenvalue weighted by molar-refractivity contribution is 7.92. The smallest absolute Gasteiger partial charge is 0.306 e. The van der Waals surface area contributed by atoms with Crippen LogP contribution in [-0.4, -0.2) is 52.4 Å². The molecule has 0 spiro atoms. The van der Waals surface area contributed by atoms with Crippen LogP contribution in [0.4, 0.5) is 0 Å². The number of sulfone groups is 1. The molecule has 202 valence electrons. The summed E-state index contributed by atoms with van der Waals surface area (Å²) in [5.41, 5.74) is -0.428. The second-order valence-electron chi connectivity index (χ2n) is 10.6. The van der Waals surface area contributed by atoms with E-state index in [2.05, 4.69) is 0 Å². The predicted molar refractivity (Wildman–Crippen MR) is 145 cm³/mol. The Balaban J connectivity index is 2.27. The first kappa shape index (κ1) is 29.4. The summed E-state index contributed by atoms with van der Waals surface area (Å²) >= 11 is 12.4. The molecule has 1 fully saturated rings. The number of nitrogens with zero attached hydrogens (tertiary/aromatic N) is 1. The van der Waals surface area contributed by atoms with Crippen LogP contribution in [0.3, 0.4) is 0 Å². The fourth-order valence-electron chi connectivity index (χ4n) is 4.57. The van der Waals surface area contributed by atoms with Crippen LogP contribution in [-0.2, 0) is 24.2 Å². The first-order valence-electron chi connectivity index (χ1n) is 12.0. The Hall–Kier alpha value is -2.13. The van der Waals surface area contributed by atoms with Crippen LogP contribution in [0.25, 0.3) is 0 Å². The number of amides is 1. The van der Waals surface area contributed by atoms with E-state index in [-0.39, 0.29) is 5.75 Å². The molecule has 1 saturated heterocycles. The highest BCUT2D eigenvalue weighted by atomic mass is 35.5. The van der Waals surface area contributed by atoms with Gasteiger partial charge >= 0.3 is 5.97 Å². The molecule has 7 nitrogen and oxygen atoms in total. The number of carboxylic acids is 1. The first-order chi connectivity index (χ1) is 17.1. The summed E-state index contributed by atoms with van der Waals surface area (Å²) in [5, 5.41) is 10.6. The van der Waals surface area contributed by atoms with Gasteiger partial charge in [0.2, 0.25) is 0 Å². The monoisotopic (exact) mass is 569 g/mol. The largest absolute Gasteiger partial charge is 0.481 e. The highest BCUT2D eigenvalue weighted by Crippen LogP contribution is 2.48. The molecule has 0 radical (unpaired) electrons. The number of carbonyl (C=O) groups excluding carboxylic acids is 1. The van der Waals surface area contributed by atoms with Crippen molar-refractivity contribution in [1.29, 1.82) is 0 Å². The van der Waals surface area contributed by atoms with Gasteiger partial charge < -0.3 is 14.7 Å². The van der Waals surface area contributed by atoms with Gasteiger partial charge in [0.15, 0.2) is 15.4 Å². The lowest BCUT2D eigenvalue weighted by Crippen LogP contribution is -2.62. The Kier molecular flexibility index (Phi) is 8.69. The van der Waals surface area contributed by atoms with E-state index >= 15 is 0 Å². The number of benzene rings is 2. The molecule has 0 saturated carbocycles.